The van der Waals surface area contributed by atoms with Crippen LogP contribution < -0.4 is 0 Å². The maximum absolute atomic E-state index is 5.41. The molecule has 2 aliphatic carbocycles. The second-order valence-electron chi connectivity index (χ2n) is 18.3. The summed E-state index contributed by atoms with van der Waals surface area (Å²) in [4.78, 5) is 10.8. The van der Waals surface area contributed by atoms with Crippen LogP contribution in [0.1, 0.15) is 167 Å². The van der Waals surface area contributed by atoms with Crippen molar-refractivity contribution in [3.8, 4) is 11.6 Å². The van der Waals surface area contributed by atoms with E-state index in [1.54, 1.807) is 0 Å². The van der Waals surface area contributed by atoms with Gasteiger partial charge in [0.15, 0.2) is 11.6 Å². The molecule has 264 valence electrons. The predicted molar refractivity (Wildman–Crippen MR) is 202 cm³/mol. The van der Waals surface area contributed by atoms with Crippen LogP contribution in [-0.4, -0.2) is 29.5 Å². The van der Waals surface area contributed by atoms with Crippen molar-refractivity contribution in [1.82, 2.24) is 29.5 Å². The molecule has 6 rings (SSSR count). The van der Waals surface area contributed by atoms with Crippen molar-refractivity contribution in [2.45, 2.75) is 163 Å². The third-order valence-electron chi connectivity index (χ3n) is 12.2. The van der Waals surface area contributed by atoms with Crippen LogP contribution in [0.25, 0.3) is 11.6 Å². The molecule has 6 nitrogen and oxygen atoms in total. The Bertz CT molecular complexity index is 1620. The van der Waals surface area contributed by atoms with E-state index in [4.69, 9.17) is 20.2 Å². The zero-order chi connectivity index (χ0) is 35.2. The fourth-order valence-corrected chi connectivity index (χ4v) is 8.48. The Balaban J connectivity index is 1.48. The molecule has 6 heteroatoms. The second-order valence-corrected chi connectivity index (χ2v) is 18.3. The number of pyridine rings is 2. The SMILES string of the molecule is CCC1(Cc2cc(-n3ccc(C(C)(C)C)n3)nc(C(C)(C)c3cc(CC4(CC)CCCC4)cc(-n4ccc(C(C)(C)C)n4)n3)c2)CCCC1. The van der Waals surface area contributed by atoms with Gasteiger partial charge in [0.2, 0.25) is 0 Å². The summed E-state index contributed by atoms with van der Waals surface area (Å²) < 4.78 is 3.99. The Morgan fingerprint density at radius 1 is 0.551 bits per heavy atom. The molecule has 0 N–H and O–H groups in total. The lowest BCUT2D eigenvalue weighted by molar-refractivity contribution is 0.281. The average Bonchev–Trinajstić information content (AvgIpc) is 3.88. The van der Waals surface area contributed by atoms with Gasteiger partial charge in [-0.3, -0.25) is 0 Å². The van der Waals surface area contributed by atoms with Gasteiger partial charge in [0.25, 0.3) is 0 Å². The highest BCUT2D eigenvalue weighted by molar-refractivity contribution is 5.42. The third kappa shape index (κ3) is 7.44. The summed E-state index contributed by atoms with van der Waals surface area (Å²) in [7, 11) is 0. The fraction of sp³-hybridized carbons (Fsp3) is 0.628. The van der Waals surface area contributed by atoms with Crippen molar-refractivity contribution in [1.29, 1.82) is 0 Å². The van der Waals surface area contributed by atoms with Crippen molar-refractivity contribution >= 4 is 0 Å². The van der Waals surface area contributed by atoms with E-state index in [2.05, 4.69) is 118 Å². The Morgan fingerprint density at radius 2 is 0.918 bits per heavy atom. The highest BCUT2D eigenvalue weighted by Crippen LogP contribution is 2.46. The number of nitrogens with zero attached hydrogens (tertiary/aromatic N) is 6. The normalized spacial score (nSPS) is 18.0. The van der Waals surface area contributed by atoms with E-state index in [1.807, 2.05) is 9.36 Å². The van der Waals surface area contributed by atoms with Gasteiger partial charge in [-0.25, -0.2) is 19.3 Å². The van der Waals surface area contributed by atoms with Crippen LogP contribution in [0.2, 0.25) is 0 Å². The van der Waals surface area contributed by atoms with Gasteiger partial charge < -0.3 is 0 Å². The molecule has 0 unspecified atom stereocenters. The maximum atomic E-state index is 5.41. The molecule has 2 aliphatic rings. The Labute approximate surface area is 296 Å². The van der Waals surface area contributed by atoms with Crippen LogP contribution in [0, 0.1) is 10.8 Å². The molecule has 0 spiro atoms. The first kappa shape index (κ1) is 35.5. The molecule has 4 aromatic rings. The lowest BCUT2D eigenvalue weighted by atomic mass is 9.76. The highest BCUT2D eigenvalue weighted by atomic mass is 15.3. The van der Waals surface area contributed by atoms with Crippen LogP contribution in [-0.2, 0) is 29.1 Å². The van der Waals surface area contributed by atoms with Gasteiger partial charge in [0, 0.05) is 28.6 Å². The van der Waals surface area contributed by atoms with Gasteiger partial charge in [0.05, 0.1) is 22.8 Å². The van der Waals surface area contributed by atoms with E-state index in [9.17, 15) is 0 Å². The van der Waals surface area contributed by atoms with Gasteiger partial charge in [-0.2, -0.15) is 10.2 Å². The van der Waals surface area contributed by atoms with Gasteiger partial charge in [0.1, 0.15) is 0 Å². The van der Waals surface area contributed by atoms with E-state index < -0.39 is 5.41 Å². The Morgan fingerprint density at radius 3 is 1.22 bits per heavy atom. The van der Waals surface area contributed by atoms with Crippen molar-refractivity contribution < 1.29 is 0 Å². The second kappa shape index (κ2) is 13.1. The summed E-state index contributed by atoms with van der Waals surface area (Å²) in [5.41, 5.74) is 7.20. The molecule has 0 aliphatic heterocycles. The molecule has 49 heavy (non-hydrogen) atoms. The lowest BCUT2D eigenvalue weighted by Gasteiger charge is -2.31. The van der Waals surface area contributed by atoms with E-state index in [0.29, 0.717) is 10.8 Å². The highest BCUT2D eigenvalue weighted by Gasteiger charge is 2.36. The summed E-state index contributed by atoms with van der Waals surface area (Å²) in [6.45, 7) is 22.7. The van der Waals surface area contributed by atoms with Gasteiger partial charge in [-0.1, -0.05) is 93.9 Å². The summed E-state index contributed by atoms with van der Waals surface area (Å²) in [6.07, 6.45) is 19.3. The molecule has 0 amide bonds. The quantitative estimate of drug-likeness (QED) is 0.170. The molecule has 2 fully saturated rings. The standard InChI is InChI=1S/C43H62N6/c1-11-42(19-13-14-20-42)29-31-25-35(44-37(27-31)48-23-17-33(46-48)39(3,4)5)41(9,10)36-26-32(30-43(12-2)21-15-16-22-43)28-38(45-36)49-24-18-34(47-49)40(6,7)8/h17-18,23-28H,11-16,19-22,29-30H2,1-10H3. The third-order valence-corrected chi connectivity index (χ3v) is 12.2. The van der Waals surface area contributed by atoms with Crippen LogP contribution >= 0.6 is 0 Å². The molecule has 4 aromatic heterocycles. The molecular weight excluding hydrogens is 601 g/mol. The molecule has 0 bridgehead atoms. The first-order valence-corrected chi connectivity index (χ1v) is 19.2. The number of rotatable bonds is 10. The summed E-state index contributed by atoms with van der Waals surface area (Å²) in [5, 5.41) is 10.1. The zero-order valence-corrected chi connectivity index (χ0v) is 32.3. The van der Waals surface area contributed by atoms with Gasteiger partial charge in [-0.05, 0) is 111 Å². The van der Waals surface area contributed by atoms with E-state index in [0.717, 1.165) is 47.3 Å². The van der Waals surface area contributed by atoms with Crippen molar-refractivity contribution in [2.24, 2.45) is 10.8 Å². The lowest BCUT2D eigenvalue weighted by Crippen LogP contribution is -2.26. The molecule has 4 heterocycles. The monoisotopic (exact) mass is 663 g/mol. The van der Waals surface area contributed by atoms with Crippen LogP contribution in [0.4, 0.5) is 0 Å². The fourth-order valence-electron chi connectivity index (χ4n) is 8.48. The molecule has 0 saturated heterocycles. The molecule has 0 aromatic carbocycles. The topological polar surface area (TPSA) is 61.4 Å². The molecule has 0 atom stereocenters. The van der Waals surface area contributed by atoms with E-state index in [-0.39, 0.29) is 10.8 Å². The first-order valence-electron chi connectivity index (χ1n) is 19.2. The smallest absolute Gasteiger partial charge is 0.153 e. The number of hydrogen-bond donors (Lipinski definition) is 0. The van der Waals surface area contributed by atoms with Crippen molar-refractivity contribution in [3.63, 3.8) is 0 Å². The van der Waals surface area contributed by atoms with Gasteiger partial charge in [-0.15, -0.1) is 0 Å². The summed E-state index contributed by atoms with van der Waals surface area (Å²) in [6, 6.07) is 13.7. The van der Waals surface area contributed by atoms with Crippen molar-refractivity contribution in [3.05, 3.63) is 82.7 Å². The number of aromatic nitrogens is 6. The van der Waals surface area contributed by atoms with E-state index in [1.165, 1.54) is 75.3 Å². The Kier molecular flexibility index (Phi) is 9.52. The minimum Gasteiger partial charge on any atom is -0.233 e. The molecule has 2 saturated carbocycles. The molecule has 0 radical (unpaired) electrons. The first-order chi connectivity index (χ1) is 23.0. The average molecular weight is 663 g/mol. The summed E-state index contributed by atoms with van der Waals surface area (Å²) in [5.74, 6) is 1.80. The minimum absolute atomic E-state index is 0.0314. The Hall–Kier alpha value is -3.28. The maximum Gasteiger partial charge on any atom is 0.153 e. The largest absolute Gasteiger partial charge is 0.233 e. The zero-order valence-electron chi connectivity index (χ0n) is 32.3. The predicted octanol–water partition coefficient (Wildman–Crippen LogP) is 10.8. The van der Waals surface area contributed by atoms with Gasteiger partial charge >= 0.3 is 0 Å². The van der Waals surface area contributed by atoms with Crippen LogP contribution in [0.3, 0.4) is 0 Å². The number of hydrogen-bond acceptors (Lipinski definition) is 4. The molecular formula is C43H62N6. The van der Waals surface area contributed by atoms with E-state index >= 15 is 0 Å². The van der Waals surface area contributed by atoms with Crippen molar-refractivity contribution in [2.75, 3.05) is 0 Å². The summed E-state index contributed by atoms with van der Waals surface area (Å²) >= 11 is 0. The van der Waals surface area contributed by atoms with Crippen LogP contribution in [0.5, 0.6) is 0 Å². The minimum atomic E-state index is -0.445. The van der Waals surface area contributed by atoms with Crippen LogP contribution in [0.15, 0.2) is 48.8 Å².